The molecule has 8 heteroatoms. The van der Waals surface area contributed by atoms with Crippen molar-refractivity contribution in [2.75, 3.05) is 6.26 Å². The molecule has 0 radical (unpaired) electrons. The minimum Gasteiger partial charge on any atom is -0.271 e. The molecule has 90 valence electrons. The van der Waals surface area contributed by atoms with Crippen LogP contribution >= 0.6 is 58.2 Å². The van der Waals surface area contributed by atoms with Crippen molar-refractivity contribution in [2.45, 2.75) is 0 Å². The van der Waals surface area contributed by atoms with Gasteiger partial charge in [0.1, 0.15) is 0 Å². The van der Waals surface area contributed by atoms with E-state index in [4.69, 9.17) is 51.7 Å². The number of hydrogen-bond acceptors (Lipinski definition) is 3. The number of nitrogens with zero attached hydrogens (tertiary/aromatic N) is 2. The average molecular weight is 329 g/mol. The summed E-state index contributed by atoms with van der Waals surface area (Å²) < 4.78 is 0. The number of nitrogens with one attached hydrogen (secondary N) is 1. The zero-order valence-electron chi connectivity index (χ0n) is 8.39. The fraction of sp³-hybridized carbons (Fsp3) is 0.111. The summed E-state index contributed by atoms with van der Waals surface area (Å²) in [6, 6.07) is 1.48. The Balaban J connectivity index is 3.29. The molecule has 3 nitrogen and oxygen atoms in total. The number of amidine groups is 1. The number of hydrogen-bond donors (Lipinski definition) is 1. The largest absolute Gasteiger partial charge is 0.271 e. The monoisotopic (exact) mass is 327 g/mol. The molecule has 1 N–H and O–H groups in total. The second-order valence-electron chi connectivity index (χ2n) is 2.68. The number of halogens is 4. The van der Waals surface area contributed by atoms with Crippen molar-refractivity contribution in [1.82, 2.24) is 5.32 Å². The van der Waals surface area contributed by atoms with Crippen molar-refractivity contribution < 1.29 is 0 Å². The molecule has 0 atom stereocenters. The van der Waals surface area contributed by atoms with Crippen LogP contribution in [0, 0.1) is 11.5 Å². The molecule has 0 heterocycles. The van der Waals surface area contributed by atoms with Crippen molar-refractivity contribution in [3.8, 4) is 6.19 Å². The highest BCUT2D eigenvalue weighted by molar-refractivity contribution is 8.13. The molecule has 0 unspecified atom stereocenters. The van der Waals surface area contributed by atoms with E-state index in [0.29, 0.717) is 10.9 Å². The summed E-state index contributed by atoms with van der Waals surface area (Å²) >= 11 is 24.8. The van der Waals surface area contributed by atoms with Gasteiger partial charge in [-0.1, -0.05) is 58.2 Å². The zero-order chi connectivity index (χ0) is 13.0. The predicted molar refractivity (Wildman–Crippen MR) is 75.8 cm³/mol. The Morgan fingerprint density at radius 1 is 1.29 bits per heavy atom. The van der Waals surface area contributed by atoms with E-state index in [9.17, 15) is 0 Å². The van der Waals surface area contributed by atoms with Crippen LogP contribution in [0.25, 0.3) is 0 Å². The van der Waals surface area contributed by atoms with E-state index in [2.05, 4.69) is 10.3 Å². The van der Waals surface area contributed by atoms with Gasteiger partial charge in [0.05, 0.1) is 25.8 Å². The third-order valence-electron chi connectivity index (χ3n) is 1.66. The van der Waals surface area contributed by atoms with Crippen LogP contribution in [-0.2, 0) is 0 Å². The molecule has 0 saturated heterocycles. The Labute approximate surface area is 123 Å². The Morgan fingerprint density at radius 3 is 2.47 bits per heavy atom. The van der Waals surface area contributed by atoms with Crippen LogP contribution in [0.3, 0.4) is 0 Å². The molecule has 1 aromatic rings. The van der Waals surface area contributed by atoms with E-state index < -0.39 is 0 Å². The summed E-state index contributed by atoms with van der Waals surface area (Å²) in [6.07, 6.45) is 3.52. The second-order valence-corrected chi connectivity index (χ2v) is 5.01. The lowest BCUT2D eigenvalue weighted by atomic mass is 10.3. The third-order valence-corrected chi connectivity index (χ3v) is 3.98. The molecule has 1 rings (SSSR count). The molecule has 0 aliphatic rings. The summed E-state index contributed by atoms with van der Waals surface area (Å²) in [6.45, 7) is 0. The Bertz CT molecular complexity index is 510. The van der Waals surface area contributed by atoms with Gasteiger partial charge in [-0.15, -0.1) is 0 Å². The maximum absolute atomic E-state index is 8.51. The standard InChI is InChI=1S/C9H5Cl4N3S/c1-17-9(15-3-14)16-5-2-4(10)6(11)8(13)7(5)12/h2H,1H3,(H,15,16). The molecule has 0 fully saturated rings. The SMILES string of the molecule is CSC(=Nc1cc(Cl)c(Cl)c(Cl)c1Cl)NC#N. The summed E-state index contributed by atoms with van der Waals surface area (Å²) in [5.74, 6) is 0. The molecule has 1 aromatic carbocycles. The smallest absolute Gasteiger partial charge is 0.183 e. The molecular weight excluding hydrogens is 324 g/mol. The first-order valence-electron chi connectivity index (χ1n) is 4.12. The minimum absolute atomic E-state index is 0.136. The average Bonchev–Trinajstić information content (AvgIpc) is 2.32. The van der Waals surface area contributed by atoms with Crippen LogP contribution in [0.4, 0.5) is 5.69 Å². The molecule has 0 aliphatic heterocycles. The summed E-state index contributed by atoms with van der Waals surface area (Å²) in [5, 5.41) is 12.0. The van der Waals surface area contributed by atoms with E-state index in [1.807, 2.05) is 0 Å². The first-order valence-corrected chi connectivity index (χ1v) is 6.85. The number of benzene rings is 1. The highest BCUT2D eigenvalue weighted by Gasteiger charge is 2.13. The Morgan fingerprint density at radius 2 is 1.94 bits per heavy atom. The van der Waals surface area contributed by atoms with E-state index in [1.165, 1.54) is 17.8 Å². The van der Waals surface area contributed by atoms with E-state index in [1.54, 1.807) is 12.4 Å². The molecule has 0 bridgehead atoms. The van der Waals surface area contributed by atoms with Gasteiger partial charge >= 0.3 is 0 Å². The number of thioether (sulfide) groups is 1. The minimum atomic E-state index is 0.136. The molecule has 0 aromatic heterocycles. The lowest BCUT2D eigenvalue weighted by Gasteiger charge is -2.06. The van der Waals surface area contributed by atoms with Gasteiger partial charge in [-0.2, -0.15) is 5.26 Å². The van der Waals surface area contributed by atoms with Gasteiger partial charge in [0.15, 0.2) is 11.4 Å². The fourth-order valence-electron chi connectivity index (χ4n) is 0.924. The van der Waals surface area contributed by atoms with Crippen LogP contribution in [0.2, 0.25) is 20.1 Å². The van der Waals surface area contributed by atoms with Crippen LogP contribution < -0.4 is 5.32 Å². The van der Waals surface area contributed by atoms with Crippen molar-refractivity contribution in [2.24, 2.45) is 4.99 Å². The molecule has 0 saturated carbocycles. The van der Waals surface area contributed by atoms with Gasteiger partial charge in [-0.05, 0) is 12.3 Å². The number of aliphatic imine (C=N–C) groups is 1. The lowest BCUT2D eigenvalue weighted by molar-refractivity contribution is 1.28. The van der Waals surface area contributed by atoms with Gasteiger partial charge in [0.2, 0.25) is 0 Å². The Kier molecular flexibility index (Phi) is 5.71. The van der Waals surface area contributed by atoms with Gasteiger partial charge in [0, 0.05) is 0 Å². The maximum atomic E-state index is 8.51. The molecule has 17 heavy (non-hydrogen) atoms. The van der Waals surface area contributed by atoms with Crippen molar-refractivity contribution in [3.05, 3.63) is 26.2 Å². The van der Waals surface area contributed by atoms with Crippen LogP contribution in [0.15, 0.2) is 11.1 Å². The third kappa shape index (κ3) is 3.57. The molecule has 0 spiro atoms. The first kappa shape index (κ1) is 14.7. The van der Waals surface area contributed by atoms with Gasteiger partial charge in [0.25, 0.3) is 0 Å². The predicted octanol–water partition coefficient (Wildman–Crippen LogP) is 4.72. The van der Waals surface area contributed by atoms with Gasteiger partial charge < -0.3 is 0 Å². The van der Waals surface area contributed by atoms with E-state index in [0.717, 1.165) is 0 Å². The second kappa shape index (κ2) is 6.58. The van der Waals surface area contributed by atoms with Crippen molar-refractivity contribution in [3.63, 3.8) is 0 Å². The Hall–Kier alpha value is -0.310. The lowest BCUT2D eigenvalue weighted by Crippen LogP contribution is -2.12. The van der Waals surface area contributed by atoms with Crippen LogP contribution in [0.1, 0.15) is 0 Å². The van der Waals surface area contributed by atoms with Crippen LogP contribution in [-0.4, -0.2) is 11.4 Å². The van der Waals surface area contributed by atoms with Crippen molar-refractivity contribution in [1.29, 1.82) is 5.26 Å². The summed E-state index contributed by atoms with van der Waals surface area (Å²) in [4.78, 5) is 4.12. The summed E-state index contributed by atoms with van der Waals surface area (Å²) in [7, 11) is 0. The molecule has 0 amide bonds. The molecular formula is C9H5Cl4N3S. The maximum Gasteiger partial charge on any atom is 0.183 e. The number of rotatable bonds is 1. The highest BCUT2D eigenvalue weighted by atomic mass is 35.5. The van der Waals surface area contributed by atoms with Crippen molar-refractivity contribution >= 4 is 69.0 Å². The normalized spacial score (nSPS) is 11.2. The topological polar surface area (TPSA) is 48.2 Å². The first-order chi connectivity index (χ1) is 8.01. The van der Waals surface area contributed by atoms with Gasteiger partial charge in [-0.25, -0.2) is 4.99 Å². The summed E-state index contributed by atoms with van der Waals surface area (Å²) in [5.41, 5.74) is 0.346. The van der Waals surface area contributed by atoms with Gasteiger partial charge in [-0.3, -0.25) is 5.32 Å². The van der Waals surface area contributed by atoms with E-state index >= 15 is 0 Å². The van der Waals surface area contributed by atoms with Crippen LogP contribution in [0.5, 0.6) is 0 Å². The number of nitriles is 1. The quantitative estimate of drug-likeness (QED) is 0.202. The fourth-order valence-corrected chi connectivity index (χ4v) is 2.09. The zero-order valence-corrected chi connectivity index (χ0v) is 12.2. The molecule has 0 aliphatic carbocycles. The van der Waals surface area contributed by atoms with E-state index in [-0.39, 0.29) is 20.1 Å². The highest BCUT2D eigenvalue weighted by Crippen LogP contribution is 2.42.